The summed E-state index contributed by atoms with van der Waals surface area (Å²) in [6, 6.07) is 9.28. The Kier molecular flexibility index (Phi) is 6.42. The number of carbonyl (C=O) groups excluding carboxylic acids is 1. The number of carbonyl (C=O) groups is 1. The number of hydrogen-bond donors (Lipinski definition) is 2. The summed E-state index contributed by atoms with van der Waals surface area (Å²) in [4.78, 5) is 22.8. The van der Waals surface area contributed by atoms with Crippen LogP contribution in [0.1, 0.15) is 35.6 Å². The molecule has 1 aromatic carbocycles. The van der Waals surface area contributed by atoms with Gasteiger partial charge < -0.3 is 5.11 Å². The van der Waals surface area contributed by atoms with Crippen molar-refractivity contribution in [2.45, 2.75) is 20.4 Å². The predicted octanol–water partition coefficient (Wildman–Crippen LogP) is 2.23. The molecule has 150 valence electrons. The van der Waals surface area contributed by atoms with Crippen molar-refractivity contribution in [3.63, 3.8) is 0 Å². The fourth-order valence-corrected chi connectivity index (χ4v) is 3.03. The maximum atomic E-state index is 12.8. The Labute approximate surface area is 170 Å². The first kappa shape index (κ1) is 20.3. The molecule has 2 heterocycles. The molecule has 8 nitrogen and oxygen atoms in total. The molecule has 0 aliphatic carbocycles. The zero-order valence-electron chi connectivity index (χ0n) is 16.5. The number of benzene rings is 1. The molecule has 1 aromatic heterocycles. The number of anilines is 1. The molecule has 2 N–H and O–H groups in total. The van der Waals surface area contributed by atoms with Crippen molar-refractivity contribution < 1.29 is 9.90 Å². The Morgan fingerprint density at radius 2 is 2.00 bits per heavy atom. The molecule has 0 saturated carbocycles. The van der Waals surface area contributed by atoms with E-state index in [4.69, 9.17) is 5.26 Å². The van der Waals surface area contributed by atoms with Crippen molar-refractivity contribution in [1.29, 1.82) is 5.26 Å². The molecule has 1 aliphatic rings. The van der Waals surface area contributed by atoms with E-state index < -0.39 is 0 Å². The van der Waals surface area contributed by atoms with Gasteiger partial charge in [-0.1, -0.05) is 38.1 Å². The predicted molar refractivity (Wildman–Crippen MR) is 109 cm³/mol. The van der Waals surface area contributed by atoms with Gasteiger partial charge in [-0.15, -0.1) is 0 Å². The number of aromatic hydroxyl groups is 1. The minimum Gasteiger partial charge on any atom is -0.503 e. The van der Waals surface area contributed by atoms with E-state index in [1.807, 2.05) is 32.0 Å². The largest absolute Gasteiger partial charge is 0.503 e. The number of nitriles is 1. The average molecular weight is 392 g/mol. The molecular weight excluding hydrogens is 368 g/mol. The summed E-state index contributed by atoms with van der Waals surface area (Å²) in [6.07, 6.45) is 5.44. The molecule has 1 aliphatic heterocycles. The summed E-state index contributed by atoms with van der Waals surface area (Å²) in [5.41, 5.74) is 4.41. The van der Waals surface area contributed by atoms with Crippen molar-refractivity contribution in [1.82, 2.24) is 20.3 Å². The third kappa shape index (κ3) is 5.30. The van der Waals surface area contributed by atoms with Crippen LogP contribution >= 0.6 is 0 Å². The van der Waals surface area contributed by atoms with E-state index >= 15 is 0 Å². The number of hydrogen-bond acceptors (Lipinski definition) is 7. The number of amides is 1. The van der Waals surface area contributed by atoms with Gasteiger partial charge in [-0.2, -0.15) is 10.2 Å². The zero-order chi connectivity index (χ0) is 20.8. The minimum absolute atomic E-state index is 0.0819. The van der Waals surface area contributed by atoms with E-state index in [0.29, 0.717) is 12.1 Å². The van der Waals surface area contributed by atoms with Crippen LogP contribution in [0.5, 0.6) is 5.75 Å². The molecule has 8 heteroatoms. The highest BCUT2D eigenvalue weighted by molar-refractivity contribution is 5.95. The Morgan fingerprint density at radius 3 is 2.62 bits per heavy atom. The van der Waals surface area contributed by atoms with Crippen LogP contribution in [0, 0.1) is 17.2 Å². The maximum absolute atomic E-state index is 12.8. The Bertz CT molecular complexity index is 925. The number of rotatable bonds is 7. The maximum Gasteiger partial charge on any atom is 0.269 e. The lowest BCUT2D eigenvalue weighted by Crippen LogP contribution is -2.45. The molecule has 3 rings (SSSR count). The molecule has 0 fully saturated rings. The monoisotopic (exact) mass is 392 g/mol. The lowest BCUT2D eigenvalue weighted by Gasteiger charge is -2.26. The molecule has 0 bridgehead atoms. The van der Waals surface area contributed by atoms with E-state index in [0.717, 1.165) is 31.4 Å². The van der Waals surface area contributed by atoms with E-state index in [9.17, 15) is 9.90 Å². The van der Waals surface area contributed by atoms with Crippen molar-refractivity contribution in [2.75, 3.05) is 24.6 Å². The third-order valence-corrected chi connectivity index (χ3v) is 4.41. The van der Waals surface area contributed by atoms with Gasteiger partial charge in [0.25, 0.3) is 5.91 Å². The van der Waals surface area contributed by atoms with Gasteiger partial charge >= 0.3 is 0 Å². The second kappa shape index (κ2) is 9.17. The lowest BCUT2D eigenvalue weighted by molar-refractivity contribution is 0.0947. The van der Waals surface area contributed by atoms with Gasteiger partial charge in [-0.25, -0.2) is 4.98 Å². The molecule has 0 saturated heterocycles. The Hall–Kier alpha value is -3.44. The molecule has 0 radical (unpaired) electrons. The van der Waals surface area contributed by atoms with Crippen LogP contribution < -0.4 is 10.4 Å². The van der Waals surface area contributed by atoms with Crippen LogP contribution in [0.2, 0.25) is 0 Å². The normalized spacial score (nSPS) is 13.4. The molecular formula is C21H24N6O2. The zero-order valence-corrected chi connectivity index (χ0v) is 16.5. The molecule has 0 atom stereocenters. The average Bonchev–Trinajstić information content (AvgIpc) is 3.21. The van der Waals surface area contributed by atoms with Crippen LogP contribution in [0.25, 0.3) is 0 Å². The van der Waals surface area contributed by atoms with E-state index in [1.54, 1.807) is 12.1 Å². The van der Waals surface area contributed by atoms with Crippen LogP contribution in [0.15, 0.2) is 42.6 Å². The summed E-state index contributed by atoms with van der Waals surface area (Å²) >= 11 is 0. The fourth-order valence-electron chi connectivity index (χ4n) is 3.03. The SMILES string of the molecule is CC(C)CN(NC(=O)c1ccc(CN2CC=CC2)cc1)c1nc(C#N)ncc1O. The van der Waals surface area contributed by atoms with Gasteiger partial charge in [0.15, 0.2) is 11.6 Å². The summed E-state index contributed by atoms with van der Waals surface area (Å²) in [7, 11) is 0. The highest BCUT2D eigenvalue weighted by Crippen LogP contribution is 2.23. The number of hydrazine groups is 1. The summed E-state index contributed by atoms with van der Waals surface area (Å²) in [5.74, 6) is -0.346. The molecule has 0 spiro atoms. The number of nitrogens with zero attached hydrogens (tertiary/aromatic N) is 5. The van der Waals surface area contributed by atoms with Gasteiger partial charge in [0.2, 0.25) is 5.82 Å². The molecule has 2 aromatic rings. The van der Waals surface area contributed by atoms with Gasteiger partial charge in [-0.3, -0.25) is 20.1 Å². The first-order chi connectivity index (χ1) is 14.0. The van der Waals surface area contributed by atoms with Crippen LogP contribution in [-0.2, 0) is 6.54 Å². The number of nitrogens with one attached hydrogen (secondary N) is 1. The molecule has 29 heavy (non-hydrogen) atoms. The second-order valence-corrected chi connectivity index (χ2v) is 7.32. The van der Waals surface area contributed by atoms with Crippen LogP contribution in [0.3, 0.4) is 0 Å². The van der Waals surface area contributed by atoms with E-state index in [-0.39, 0.29) is 29.2 Å². The standard InChI is InChI=1S/C21H24N6O2/c1-15(2)13-27(20-18(28)12-23-19(11-22)24-20)25-21(29)17-7-5-16(6-8-17)14-26-9-3-4-10-26/h3-8,12,15,28H,9-10,13-14H2,1-2H3,(H,25,29). The van der Waals surface area contributed by atoms with Crippen LogP contribution in [0.4, 0.5) is 5.82 Å². The van der Waals surface area contributed by atoms with Gasteiger partial charge in [0.05, 0.1) is 6.20 Å². The van der Waals surface area contributed by atoms with E-state index in [2.05, 4.69) is 32.4 Å². The first-order valence-corrected chi connectivity index (χ1v) is 9.47. The summed E-state index contributed by atoms with van der Waals surface area (Å²) in [6.45, 7) is 7.08. The van der Waals surface area contributed by atoms with Crippen LogP contribution in [-0.4, -0.2) is 45.5 Å². The first-order valence-electron chi connectivity index (χ1n) is 9.47. The van der Waals surface area contributed by atoms with Gasteiger partial charge in [0, 0.05) is 31.7 Å². The third-order valence-electron chi connectivity index (χ3n) is 4.41. The minimum atomic E-state index is -0.323. The highest BCUT2D eigenvalue weighted by atomic mass is 16.3. The smallest absolute Gasteiger partial charge is 0.269 e. The van der Waals surface area contributed by atoms with Gasteiger partial charge in [-0.05, 0) is 23.6 Å². The van der Waals surface area contributed by atoms with E-state index in [1.165, 1.54) is 5.01 Å². The molecule has 0 unspecified atom stereocenters. The Morgan fingerprint density at radius 1 is 1.31 bits per heavy atom. The topological polar surface area (TPSA) is 105 Å². The summed E-state index contributed by atoms with van der Waals surface area (Å²) < 4.78 is 0. The lowest BCUT2D eigenvalue weighted by atomic mass is 10.1. The fraction of sp³-hybridized carbons (Fsp3) is 0.333. The quantitative estimate of drug-likeness (QED) is 0.550. The highest BCUT2D eigenvalue weighted by Gasteiger charge is 2.19. The second-order valence-electron chi connectivity index (χ2n) is 7.32. The van der Waals surface area contributed by atoms with Crippen molar-refractivity contribution in [3.8, 4) is 11.8 Å². The number of aromatic nitrogens is 2. The molecule has 1 amide bonds. The van der Waals surface area contributed by atoms with Crippen molar-refractivity contribution in [3.05, 3.63) is 59.6 Å². The van der Waals surface area contributed by atoms with Crippen molar-refractivity contribution in [2.24, 2.45) is 5.92 Å². The summed E-state index contributed by atoms with van der Waals surface area (Å²) in [5, 5.41) is 20.6. The van der Waals surface area contributed by atoms with Crippen molar-refractivity contribution >= 4 is 11.7 Å². The Balaban J connectivity index is 1.74. The van der Waals surface area contributed by atoms with Gasteiger partial charge in [0.1, 0.15) is 6.07 Å².